The molecule has 1 aliphatic heterocycles. The number of hydrogen-bond donors (Lipinski definition) is 3. The minimum Gasteiger partial charge on any atom is -0.385 e. The maximum Gasteiger partial charge on any atom is 0.129 e. The zero-order chi connectivity index (χ0) is 12.5. The van der Waals surface area contributed by atoms with Crippen LogP contribution in [0, 0.1) is 5.92 Å². The SMILES string of the molecule is CCC1CNCCC1(O)c1cc(Cl)cnc1N. The van der Waals surface area contributed by atoms with E-state index in [0.29, 0.717) is 22.8 Å². The van der Waals surface area contributed by atoms with Crippen molar-refractivity contribution < 1.29 is 5.11 Å². The van der Waals surface area contributed by atoms with Gasteiger partial charge in [-0.25, -0.2) is 4.98 Å². The molecule has 1 aromatic rings. The van der Waals surface area contributed by atoms with Gasteiger partial charge in [0.1, 0.15) is 5.82 Å². The molecule has 2 atom stereocenters. The summed E-state index contributed by atoms with van der Waals surface area (Å²) in [4.78, 5) is 4.03. The molecular formula is C12H18ClN3O. The van der Waals surface area contributed by atoms with E-state index < -0.39 is 5.60 Å². The second kappa shape index (κ2) is 4.80. The molecule has 1 fully saturated rings. The zero-order valence-electron chi connectivity index (χ0n) is 9.91. The van der Waals surface area contributed by atoms with Crippen molar-refractivity contribution in [2.24, 2.45) is 5.92 Å². The number of piperidine rings is 1. The van der Waals surface area contributed by atoms with Crippen molar-refractivity contribution in [2.75, 3.05) is 18.8 Å². The van der Waals surface area contributed by atoms with Gasteiger partial charge in [-0.3, -0.25) is 0 Å². The molecule has 0 aromatic carbocycles. The average molecular weight is 256 g/mol. The lowest BCUT2D eigenvalue weighted by atomic mass is 9.75. The van der Waals surface area contributed by atoms with E-state index in [0.717, 1.165) is 19.5 Å². The van der Waals surface area contributed by atoms with Crippen LogP contribution in [0.3, 0.4) is 0 Å². The molecule has 94 valence electrons. The monoisotopic (exact) mass is 255 g/mol. The molecule has 0 amide bonds. The predicted molar refractivity (Wildman–Crippen MR) is 68.8 cm³/mol. The molecule has 2 heterocycles. The minimum atomic E-state index is -0.915. The van der Waals surface area contributed by atoms with Crippen LogP contribution in [-0.4, -0.2) is 23.2 Å². The molecule has 1 aliphatic rings. The number of nitrogen functional groups attached to an aromatic ring is 1. The first-order chi connectivity index (χ1) is 8.08. The van der Waals surface area contributed by atoms with E-state index in [1.54, 1.807) is 6.07 Å². The number of pyridine rings is 1. The third-order valence-electron chi connectivity index (χ3n) is 3.59. The lowest BCUT2D eigenvalue weighted by molar-refractivity contribution is -0.0474. The van der Waals surface area contributed by atoms with Gasteiger partial charge in [-0.1, -0.05) is 18.5 Å². The number of hydrogen-bond acceptors (Lipinski definition) is 4. The van der Waals surface area contributed by atoms with Crippen molar-refractivity contribution in [3.63, 3.8) is 0 Å². The minimum absolute atomic E-state index is 0.138. The number of aliphatic hydroxyl groups is 1. The predicted octanol–water partition coefficient (Wildman–Crippen LogP) is 1.52. The molecule has 1 aromatic heterocycles. The first-order valence-corrected chi connectivity index (χ1v) is 6.30. The van der Waals surface area contributed by atoms with Gasteiger partial charge in [0.15, 0.2) is 0 Å². The van der Waals surface area contributed by atoms with E-state index in [1.165, 1.54) is 6.20 Å². The summed E-state index contributed by atoms with van der Waals surface area (Å²) < 4.78 is 0. The number of anilines is 1. The van der Waals surface area contributed by atoms with Crippen LogP contribution in [0.2, 0.25) is 5.02 Å². The Morgan fingerprint density at radius 2 is 2.47 bits per heavy atom. The van der Waals surface area contributed by atoms with Crippen molar-refractivity contribution in [2.45, 2.75) is 25.4 Å². The summed E-state index contributed by atoms with van der Waals surface area (Å²) in [5.41, 5.74) is 5.62. The van der Waals surface area contributed by atoms with E-state index in [2.05, 4.69) is 17.2 Å². The normalized spacial score (nSPS) is 29.2. The van der Waals surface area contributed by atoms with E-state index in [9.17, 15) is 5.11 Å². The number of nitrogens with one attached hydrogen (secondary N) is 1. The number of halogens is 1. The third-order valence-corrected chi connectivity index (χ3v) is 3.80. The van der Waals surface area contributed by atoms with Crippen molar-refractivity contribution >= 4 is 17.4 Å². The van der Waals surface area contributed by atoms with Crippen LogP contribution in [0.25, 0.3) is 0 Å². The van der Waals surface area contributed by atoms with E-state index >= 15 is 0 Å². The number of rotatable bonds is 2. The van der Waals surface area contributed by atoms with Gasteiger partial charge in [-0.05, 0) is 25.5 Å². The maximum absolute atomic E-state index is 10.9. The summed E-state index contributed by atoms with van der Waals surface area (Å²) in [7, 11) is 0. The molecule has 0 aliphatic carbocycles. The molecule has 0 saturated carbocycles. The van der Waals surface area contributed by atoms with E-state index in [4.69, 9.17) is 17.3 Å². The maximum atomic E-state index is 10.9. The van der Waals surface area contributed by atoms with Gasteiger partial charge < -0.3 is 16.2 Å². The molecule has 2 unspecified atom stereocenters. The Morgan fingerprint density at radius 3 is 3.18 bits per heavy atom. The molecule has 0 spiro atoms. The Bertz CT molecular complexity index is 413. The quantitative estimate of drug-likeness (QED) is 0.750. The summed E-state index contributed by atoms with van der Waals surface area (Å²) in [6, 6.07) is 1.73. The van der Waals surface area contributed by atoms with Crippen LogP contribution in [0.5, 0.6) is 0 Å². The highest BCUT2D eigenvalue weighted by atomic mass is 35.5. The number of nitrogens with zero attached hydrogens (tertiary/aromatic N) is 1. The molecule has 0 radical (unpaired) electrons. The Hall–Kier alpha value is -0.840. The van der Waals surface area contributed by atoms with Crippen LogP contribution in [0.4, 0.5) is 5.82 Å². The smallest absolute Gasteiger partial charge is 0.129 e. The molecule has 2 rings (SSSR count). The topological polar surface area (TPSA) is 71.2 Å². The molecule has 1 saturated heterocycles. The van der Waals surface area contributed by atoms with Gasteiger partial charge >= 0.3 is 0 Å². The first-order valence-electron chi connectivity index (χ1n) is 5.92. The Kier molecular flexibility index (Phi) is 3.56. The van der Waals surface area contributed by atoms with Gasteiger partial charge in [-0.2, -0.15) is 0 Å². The molecule has 5 heteroatoms. The highest BCUT2D eigenvalue weighted by molar-refractivity contribution is 6.30. The molecule has 4 nitrogen and oxygen atoms in total. The fraction of sp³-hybridized carbons (Fsp3) is 0.583. The van der Waals surface area contributed by atoms with Crippen LogP contribution in [0.15, 0.2) is 12.3 Å². The van der Waals surface area contributed by atoms with Crippen LogP contribution >= 0.6 is 11.6 Å². The van der Waals surface area contributed by atoms with Gasteiger partial charge in [0.25, 0.3) is 0 Å². The van der Waals surface area contributed by atoms with E-state index in [-0.39, 0.29) is 5.92 Å². The second-order valence-corrected chi connectivity index (χ2v) is 5.01. The molecule has 4 N–H and O–H groups in total. The van der Waals surface area contributed by atoms with Crippen LogP contribution in [0.1, 0.15) is 25.3 Å². The zero-order valence-corrected chi connectivity index (χ0v) is 10.7. The van der Waals surface area contributed by atoms with Gasteiger partial charge in [0.2, 0.25) is 0 Å². The summed E-state index contributed by atoms with van der Waals surface area (Å²) in [5, 5.41) is 14.7. The highest BCUT2D eigenvalue weighted by Gasteiger charge is 2.41. The fourth-order valence-electron chi connectivity index (χ4n) is 2.56. The van der Waals surface area contributed by atoms with Gasteiger partial charge in [-0.15, -0.1) is 0 Å². The standard InChI is InChI=1S/C12H18ClN3O/c1-2-8-6-15-4-3-12(8,17)10-5-9(13)7-16-11(10)14/h5,7-8,15,17H,2-4,6H2,1H3,(H2,14,16). The lowest BCUT2D eigenvalue weighted by Gasteiger charge is -2.40. The van der Waals surface area contributed by atoms with Crippen molar-refractivity contribution in [1.82, 2.24) is 10.3 Å². The Morgan fingerprint density at radius 1 is 1.71 bits per heavy atom. The lowest BCUT2D eigenvalue weighted by Crippen LogP contribution is -2.48. The molecule has 17 heavy (non-hydrogen) atoms. The van der Waals surface area contributed by atoms with E-state index in [1.807, 2.05) is 0 Å². The average Bonchev–Trinajstić information content (AvgIpc) is 2.33. The van der Waals surface area contributed by atoms with Crippen LogP contribution in [-0.2, 0) is 5.60 Å². The number of aromatic nitrogens is 1. The van der Waals surface area contributed by atoms with Crippen molar-refractivity contribution in [1.29, 1.82) is 0 Å². The molecular weight excluding hydrogens is 238 g/mol. The van der Waals surface area contributed by atoms with Crippen molar-refractivity contribution in [3.05, 3.63) is 22.8 Å². The Balaban J connectivity index is 2.44. The third kappa shape index (κ3) is 2.25. The summed E-state index contributed by atoms with van der Waals surface area (Å²) >= 11 is 5.94. The van der Waals surface area contributed by atoms with Crippen molar-refractivity contribution in [3.8, 4) is 0 Å². The highest BCUT2D eigenvalue weighted by Crippen LogP contribution is 2.39. The first kappa shape index (κ1) is 12.6. The van der Waals surface area contributed by atoms with Gasteiger partial charge in [0, 0.05) is 24.2 Å². The molecule has 0 bridgehead atoms. The van der Waals surface area contributed by atoms with Gasteiger partial charge in [0.05, 0.1) is 10.6 Å². The second-order valence-electron chi connectivity index (χ2n) is 4.57. The Labute approximate surface area is 106 Å². The van der Waals surface area contributed by atoms with Crippen LogP contribution < -0.4 is 11.1 Å². The summed E-state index contributed by atoms with van der Waals surface area (Å²) in [6.45, 7) is 3.63. The number of nitrogens with two attached hydrogens (primary N) is 1. The fourth-order valence-corrected chi connectivity index (χ4v) is 2.72. The summed E-state index contributed by atoms with van der Waals surface area (Å²) in [6.07, 6.45) is 3.03. The summed E-state index contributed by atoms with van der Waals surface area (Å²) in [5.74, 6) is 0.510. The largest absolute Gasteiger partial charge is 0.385 e.